The highest BCUT2D eigenvalue weighted by Gasteiger charge is 2.44. The topological polar surface area (TPSA) is 41.9 Å². The Morgan fingerprint density at radius 1 is 0.963 bits per heavy atom. The third-order valence-corrected chi connectivity index (χ3v) is 6.21. The molecule has 4 rings (SSSR count). The lowest BCUT2D eigenvalue weighted by molar-refractivity contribution is 0.121. The summed E-state index contributed by atoms with van der Waals surface area (Å²) in [6, 6.07) is 8.82. The van der Waals surface area contributed by atoms with E-state index in [1.54, 1.807) is 0 Å². The van der Waals surface area contributed by atoms with Crippen LogP contribution in [-0.2, 0) is 4.74 Å². The lowest BCUT2D eigenvalue weighted by Crippen LogP contribution is -2.36. The normalized spacial score (nSPS) is 21.1. The number of phenols is 1. The minimum atomic E-state index is -0.363. The molecule has 2 aliphatic rings. The summed E-state index contributed by atoms with van der Waals surface area (Å²) < 4.78 is 11.9. The smallest absolute Gasteiger partial charge is 0.127 e. The molecule has 2 heterocycles. The van der Waals surface area contributed by atoms with Crippen molar-refractivity contribution in [1.29, 1.82) is 0 Å². The van der Waals surface area contributed by atoms with Crippen molar-refractivity contribution in [3.05, 3.63) is 52.1 Å². The third-order valence-electron chi connectivity index (χ3n) is 6.21. The van der Waals surface area contributed by atoms with E-state index >= 15 is 0 Å². The van der Waals surface area contributed by atoms with Crippen LogP contribution in [0.4, 0.5) is 5.69 Å². The van der Waals surface area contributed by atoms with E-state index in [-0.39, 0.29) is 11.5 Å². The van der Waals surface area contributed by atoms with Crippen molar-refractivity contribution in [2.24, 2.45) is 0 Å². The fourth-order valence-corrected chi connectivity index (χ4v) is 4.54. The third kappa shape index (κ3) is 2.87. The van der Waals surface area contributed by atoms with E-state index in [4.69, 9.17) is 9.47 Å². The first kappa shape index (κ1) is 18.2. The van der Waals surface area contributed by atoms with Crippen molar-refractivity contribution in [3.8, 4) is 11.5 Å². The number of nitrogens with zero attached hydrogens (tertiary/aromatic N) is 1. The average Bonchev–Trinajstić information content (AvgIpc) is 2.97. The fourth-order valence-electron chi connectivity index (χ4n) is 4.54. The molecule has 0 bridgehead atoms. The van der Waals surface area contributed by atoms with Gasteiger partial charge in [0.1, 0.15) is 17.1 Å². The molecule has 0 aromatic heterocycles. The summed E-state index contributed by atoms with van der Waals surface area (Å²) in [6.07, 6.45) is 0. The second kappa shape index (κ2) is 6.45. The van der Waals surface area contributed by atoms with Gasteiger partial charge >= 0.3 is 0 Å². The number of benzene rings is 2. The summed E-state index contributed by atoms with van der Waals surface area (Å²) in [5, 5.41) is 10.6. The maximum absolute atomic E-state index is 10.6. The Hall–Kier alpha value is -2.20. The van der Waals surface area contributed by atoms with E-state index in [1.165, 1.54) is 11.3 Å². The largest absolute Gasteiger partial charge is 0.507 e. The molecule has 2 aromatic rings. The van der Waals surface area contributed by atoms with E-state index in [0.717, 1.165) is 54.3 Å². The molecule has 0 amide bonds. The maximum atomic E-state index is 10.6. The van der Waals surface area contributed by atoms with E-state index in [0.29, 0.717) is 5.75 Å². The molecule has 2 aliphatic heterocycles. The lowest BCUT2D eigenvalue weighted by Gasteiger charge is -2.30. The van der Waals surface area contributed by atoms with E-state index in [9.17, 15) is 5.11 Å². The van der Waals surface area contributed by atoms with Gasteiger partial charge < -0.3 is 19.5 Å². The zero-order valence-corrected chi connectivity index (χ0v) is 16.9. The Labute approximate surface area is 161 Å². The van der Waals surface area contributed by atoms with Gasteiger partial charge in [-0.05, 0) is 69.0 Å². The summed E-state index contributed by atoms with van der Waals surface area (Å²) in [4.78, 5) is 2.36. The summed E-state index contributed by atoms with van der Waals surface area (Å²) in [6.45, 7) is 13.7. The number of hydrogen-bond donors (Lipinski definition) is 1. The van der Waals surface area contributed by atoms with Crippen LogP contribution in [-0.4, -0.2) is 37.0 Å². The van der Waals surface area contributed by atoms with Crippen molar-refractivity contribution in [2.75, 3.05) is 31.2 Å². The predicted molar refractivity (Wildman–Crippen MR) is 108 cm³/mol. The molecular weight excluding hydrogens is 338 g/mol. The molecule has 4 heteroatoms. The van der Waals surface area contributed by atoms with Crippen molar-refractivity contribution >= 4 is 5.69 Å². The highest BCUT2D eigenvalue weighted by atomic mass is 16.5. The second-order valence-corrected chi connectivity index (χ2v) is 8.30. The Balaban J connectivity index is 1.76. The maximum Gasteiger partial charge on any atom is 0.127 e. The van der Waals surface area contributed by atoms with Gasteiger partial charge in [0, 0.05) is 24.3 Å². The van der Waals surface area contributed by atoms with Crippen LogP contribution in [0.25, 0.3) is 0 Å². The standard InChI is InChI=1S/C23H29NO3/c1-14-15(2)22-19(16(3)21(14)25)20(23(4,5)27-22)17-6-8-18(9-7-17)24-10-12-26-13-11-24/h6-9,20,25H,10-13H2,1-5H3. The first-order chi connectivity index (χ1) is 12.8. The molecule has 1 atom stereocenters. The Kier molecular flexibility index (Phi) is 4.34. The van der Waals surface area contributed by atoms with Crippen LogP contribution in [0.15, 0.2) is 24.3 Å². The second-order valence-electron chi connectivity index (χ2n) is 8.30. The van der Waals surface area contributed by atoms with E-state index in [2.05, 4.69) is 43.0 Å². The lowest BCUT2D eigenvalue weighted by atomic mass is 9.78. The van der Waals surface area contributed by atoms with Gasteiger partial charge in [-0.25, -0.2) is 0 Å². The van der Waals surface area contributed by atoms with Gasteiger partial charge in [-0.1, -0.05) is 12.1 Å². The number of hydrogen-bond acceptors (Lipinski definition) is 4. The fraction of sp³-hybridized carbons (Fsp3) is 0.478. The Morgan fingerprint density at radius 2 is 1.59 bits per heavy atom. The summed E-state index contributed by atoms with van der Waals surface area (Å²) in [7, 11) is 0. The van der Waals surface area contributed by atoms with Crippen molar-refractivity contribution in [3.63, 3.8) is 0 Å². The monoisotopic (exact) mass is 367 g/mol. The molecule has 27 heavy (non-hydrogen) atoms. The number of aromatic hydroxyl groups is 1. The van der Waals surface area contributed by atoms with E-state index < -0.39 is 0 Å². The van der Waals surface area contributed by atoms with Crippen molar-refractivity contribution in [1.82, 2.24) is 0 Å². The van der Waals surface area contributed by atoms with Gasteiger partial charge in [0.15, 0.2) is 0 Å². The van der Waals surface area contributed by atoms with Gasteiger partial charge in [-0.2, -0.15) is 0 Å². The van der Waals surface area contributed by atoms with Crippen molar-refractivity contribution in [2.45, 2.75) is 46.1 Å². The number of ether oxygens (including phenoxy) is 2. The molecule has 0 aliphatic carbocycles. The molecule has 0 saturated carbocycles. The van der Waals surface area contributed by atoms with Gasteiger partial charge in [-0.15, -0.1) is 0 Å². The first-order valence-corrected chi connectivity index (χ1v) is 9.75. The molecule has 1 saturated heterocycles. The van der Waals surface area contributed by atoms with Crippen LogP contribution in [0.3, 0.4) is 0 Å². The molecule has 1 N–H and O–H groups in total. The summed E-state index contributed by atoms with van der Waals surface area (Å²) >= 11 is 0. The van der Waals surface area contributed by atoms with Gasteiger partial charge in [-0.3, -0.25) is 0 Å². The molecular formula is C23H29NO3. The molecule has 2 aromatic carbocycles. The number of fused-ring (bicyclic) bond motifs is 1. The number of phenolic OH excluding ortho intramolecular Hbond substituents is 1. The Bertz CT molecular complexity index is 864. The number of anilines is 1. The SMILES string of the molecule is Cc1c(C)c2c(c(C)c1O)C(c1ccc(N3CCOCC3)cc1)C(C)(C)O2. The molecule has 144 valence electrons. The average molecular weight is 367 g/mol. The first-order valence-electron chi connectivity index (χ1n) is 9.75. The molecule has 0 spiro atoms. The van der Waals surface area contributed by atoms with Gasteiger partial charge in [0.25, 0.3) is 0 Å². The number of morpholine rings is 1. The van der Waals surface area contributed by atoms with E-state index in [1.807, 2.05) is 20.8 Å². The van der Waals surface area contributed by atoms with Crippen LogP contribution in [0.2, 0.25) is 0 Å². The predicted octanol–water partition coefficient (Wildman–Crippen LogP) is 4.46. The summed E-state index contributed by atoms with van der Waals surface area (Å²) in [5.41, 5.74) is 6.10. The van der Waals surface area contributed by atoms with Crippen LogP contribution < -0.4 is 9.64 Å². The van der Waals surface area contributed by atoms with Crippen molar-refractivity contribution < 1.29 is 14.6 Å². The zero-order valence-electron chi connectivity index (χ0n) is 16.9. The van der Waals surface area contributed by atoms with Gasteiger partial charge in [0.2, 0.25) is 0 Å². The molecule has 1 unspecified atom stereocenters. The highest BCUT2D eigenvalue weighted by Crippen LogP contribution is 2.53. The minimum Gasteiger partial charge on any atom is -0.507 e. The van der Waals surface area contributed by atoms with Crippen LogP contribution in [0.1, 0.15) is 47.6 Å². The molecule has 0 radical (unpaired) electrons. The minimum absolute atomic E-state index is 0.0939. The Morgan fingerprint density at radius 3 is 2.22 bits per heavy atom. The number of rotatable bonds is 2. The quantitative estimate of drug-likeness (QED) is 0.851. The van der Waals surface area contributed by atoms with Crippen LogP contribution >= 0.6 is 0 Å². The zero-order chi connectivity index (χ0) is 19.3. The van der Waals surface area contributed by atoms with Crippen LogP contribution in [0.5, 0.6) is 11.5 Å². The summed E-state index contributed by atoms with van der Waals surface area (Å²) in [5.74, 6) is 1.42. The van der Waals surface area contributed by atoms with Gasteiger partial charge in [0.05, 0.1) is 19.1 Å². The molecule has 1 fully saturated rings. The highest BCUT2D eigenvalue weighted by molar-refractivity contribution is 5.64. The van der Waals surface area contributed by atoms with Crippen LogP contribution in [0, 0.1) is 20.8 Å². The molecule has 4 nitrogen and oxygen atoms in total.